The molecule has 0 bridgehead atoms. The molecular weight excluding hydrogens is 308 g/mol. The van der Waals surface area contributed by atoms with E-state index in [1.807, 2.05) is 18.2 Å². The summed E-state index contributed by atoms with van der Waals surface area (Å²) < 4.78 is 0. The molecule has 1 fully saturated rings. The fraction of sp³-hybridized carbons (Fsp3) is 0.368. The zero-order valence-electron chi connectivity index (χ0n) is 13.2. The molecule has 0 aliphatic carbocycles. The smallest absolute Gasteiger partial charge is 0.0593 e. The number of likely N-dealkylation sites (tertiary alicyclic amines) is 1. The third kappa shape index (κ3) is 2.35. The number of benzene rings is 2. The molecule has 2 aromatic carbocycles. The summed E-state index contributed by atoms with van der Waals surface area (Å²) in [6, 6.07) is 17.2. The van der Waals surface area contributed by atoms with Crippen molar-refractivity contribution in [2.24, 2.45) is 0 Å². The third-order valence-electron chi connectivity index (χ3n) is 5.35. The highest BCUT2D eigenvalue weighted by Gasteiger charge is 2.51. The Hall–Kier alpha value is -1.55. The van der Waals surface area contributed by atoms with E-state index < -0.39 is 0 Å². The van der Waals surface area contributed by atoms with Crippen LogP contribution in [0.4, 0.5) is 5.69 Å². The molecule has 2 aromatic rings. The Bertz CT molecular complexity index is 720. The van der Waals surface area contributed by atoms with E-state index in [4.69, 9.17) is 11.6 Å². The lowest BCUT2D eigenvalue weighted by Gasteiger charge is -2.59. The number of fused-ring (bicyclic) bond motifs is 3. The Kier molecular flexibility index (Phi) is 3.80. The van der Waals surface area contributed by atoms with E-state index in [1.54, 1.807) is 0 Å². The number of nitrogens with zero attached hydrogens (tertiary/aromatic N) is 2. The van der Waals surface area contributed by atoms with Crippen molar-refractivity contribution in [3.8, 4) is 0 Å². The summed E-state index contributed by atoms with van der Waals surface area (Å²) in [7, 11) is 2.15. The van der Waals surface area contributed by atoms with Crippen LogP contribution in [0.1, 0.15) is 17.0 Å². The zero-order valence-corrected chi connectivity index (χ0v) is 13.9. The summed E-state index contributed by atoms with van der Waals surface area (Å²) in [6.45, 7) is 1.97. The second-order valence-corrected chi connectivity index (χ2v) is 6.95. The van der Waals surface area contributed by atoms with Gasteiger partial charge in [-0.1, -0.05) is 48.0 Å². The molecule has 0 amide bonds. The van der Waals surface area contributed by atoms with Gasteiger partial charge in [-0.25, -0.2) is 0 Å². The van der Waals surface area contributed by atoms with E-state index in [-0.39, 0.29) is 12.6 Å². The average Bonchev–Trinajstić information content (AvgIpc) is 2.56. The Balaban J connectivity index is 1.64. The van der Waals surface area contributed by atoms with Crippen molar-refractivity contribution in [2.75, 3.05) is 25.1 Å². The summed E-state index contributed by atoms with van der Waals surface area (Å²) in [5.74, 6) is 0.412. The van der Waals surface area contributed by atoms with Crippen LogP contribution in [-0.2, 0) is 6.54 Å². The number of hydrogen-bond donors (Lipinski definition) is 1. The minimum Gasteiger partial charge on any atom is -0.395 e. The molecule has 1 saturated heterocycles. The van der Waals surface area contributed by atoms with Crippen molar-refractivity contribution in [2.45, 2.75) is 24.5 Å². The molecule has 23 heavy (non-hydrogen) atoms. The van der Waals surface area contributed by atoms with Gasteiger partial charge >= 0.3 is 0 Å². The quantitative estimate of drug-likeness (QED) is 0.937. The Morgan fingerprint density at radius 3 is 2.65 bits per heavy atom. The number of para-hydroxylation sites is 1. The number of aliphatic hydroxyl groups is 1. The van der Waals surface area contributed by atoms with Crippen LogP contribution in [-0.4, -0.2) is 42.3 Å². The first-order valence-electron chi connectivity index (χ1n) is 8.10. The lowest BCUT2D eigenvalue weighted by molar-refractivity contribution is -0.0489. The SMILES string of the molecule is CN1C[C@@H]2[C@H](c3ccccc31)[C@@H](CO)N2Cc1ccccc1Cl. The van der Waals surface area contributed by atoms with Crippen LogP contribution < -0.4 is 4.90 Å². The zero-order chi connectivity index (χ0) is 16.0. The first-order valence-corrected chi connectivity index (χ1v) is 8.48. The number of likely N-dealkylation sites (N-methyl/N-ethyl adjacent to an activating group) is 1. The molecule has 0 saturated carbocycles. The van der Waals surface area contributed by atoms with Gasteiger partial charge in [0.15, 0.2) is 0 Å². The van der Waals surface area contributed by atoms with Crippen molar-refractivity contribution >= 4 is 17.3 Å². The summed E-state index contributed by atoms with van der Waals surface area (Å²) in [6.07, 6.45) is 0. The minimum atomic E-state index is 0.172. The maximum Gasteiger partial charge on any atom is 0.0593 e. The Labute approximate surface area is 142 Å². The van der Waals surface area contributed by atoms with E-state index >= 15 is 0 Å². The second kappa shape index (κ2) is 5.82. The lowest BCUT2D eigenvalue weighted by Crippen LogP contribution is -2.67. The summed E-state index contributed by atoms with van der Waals surface area (Å²) in [5.41, 5.74) is 3.79. The van der Waals surface area contributed by atoms with Crippen LogP contribution in [0, 0.1) is 0 Å². The number of halogens is 1. The van der Waals surface area contributed by atoms with Crippen LogP contribution in [0.5, 0.6) is 0 Å². The molecule has 0 aromatic heterocycles. The van der Waals surface area contributed by atoms with Crippen LogP contribution in [0.15, 0.2) is 48.5 Å². The molecule has 3 nitrogen and oxygen atoms in total. The van der Waals surface area contributed by atoms with Gasteiger partial charge in [-0.15, -0.1) is 0 Å². The molecule has 1 N–H and O–H groups in total. The number of aliphatic hydroxyl groups excluding tert-OH is 1. The first-order chi connectivity index (χ1) is 11.2. The van der Waals surface area contributed by atoms with E-state index in [0.717, 1.165) is 23.7 Å². The van der Waals surface area contributed by atoms with E-state index in [1.165, 1.54) is 11.3 Å². The maximum atomic E-state index is 9.95. The maximum absolute atomic E-state index is 9.95. The number of anilines is 1. The molecule has 2 aliphatic heterocycles. The number of rotatable bonds is 3. The van der Waals surface area contributed by atoms with Gasteiger partial charge in [0.25, 0.3) is 0 Å². The van der Waals surface area contributed by atoms with Crippen LogP contribution in [0.2, 0.25) is 5.02 Å². The van der Waals surface area contributed by atoms with Crippen molar-refractivity contribution < 1.29 is 5.11 Å². The Morgan fingerprint density at radius 2 is 1.87 bits per heavy atom. The second-order valence-electron chi connectivity index (χ2n) is 6.55. The third-order valence-corrected chi connectivity index (χ3v) is 5.72. The van der Waals surface area contributed by atoms with Gasteiger partial charge in [-0.2, -0.15) is 0 Å². The molecule has 4 rings (SSSR count). The normalized spacial score (nSPS) is 26.4. The highest BCUT2D eigenvalue weighted by Crippen LogP contribution is 2.48. The molecule has 4 heteroatoms. The van der Waals surface area contributed by atoms with Gasteiger partial charge in [0.05, 0.1) is 6.61 Å². The molecule has 0 radical (unpaired) electrons. The Morgan fingerprint density at radius 1 is 1.13 bits per heavy atom. The van der Waals surface area contributed by atoms with Gasteiger partial charge < -0.3 is 10.0 Å². The van der Waals surface area contributed by atoms with Crippen LogP contribution >= 0.6 is 11.6 Å². The fourth-order valence-corrected chi connectivity index (χ4v) is 4.41. The molecular formula is C19H21ClN2O. The van der Waals surface area contributed by atoms with Crippen LogP contribution in [0.25, 0.3) is 0 Å². The van der Waals surface area contributed by atoms with Crippen molar-refractivity contribution in [1.82, 2.24) is 4.90 Å². The van der Waals surface area contributed by atoms with Gasteiger partial charge in [0.2, 0.25) is 0 Å². The molecule has 2 heterocycles. The van der Waals surface area contributed by atoms with Crippen molar-refractivity contribution in [3.05, 3.63) is 64.7 Å². The summed E-state index contributed by atoms with van der Waals surface area (Å²) in [5, 5.41) is 10.7. The average molecular weight is 329 g/mol. The fourth-order valence-electron chi connectivity index (χ4n) is 4.22. The monoisotopic (exact) mass is 328 g/mol. The lowest BCUT2D eigenvalue weighted by atomic mass is 9.72. The number of hydrogen-bond acceptors (Lipinski definition) is 3. The van der Waals surface area contributed by atoms with E-state index in [2.05, 4.69) is 47.2 Å². The van der Waals surface area contributed by atoms with Gasteiger partial charge in [0.1, 0.15) is 0 Å². The molecule has 2 aliphatic rings. The van der Waals surface area contributed by atoms with E-state index in [0.29, 0.717) is 12.0 Å². The molecule has 3 atom stereocenters. The van der Waals surface area contributed by atoms with Crippen molar-refractivity contribution in [1.29, 1.82) is 0 Å². The first kappa shape index (κ1) is 15.0. The predicted molar refractivity (Wildman–Crippen MR) is 94.1 cm³/mol. The predicted octanol–water partition coefficient (Wildman–Crippen LogP) is 3.12. The summed E-state index contributed by atoms with van der Waals surface area (Å²) >= 11 is 6.33. The topological polar surface area (TPSA) is 26.7 Å². The van der Waals surface area contributed by atoms with Gasteiger partial charge in [-0.05, 0) is 23.3 Å². The van der Waals surface area contributed by atoms with Gasteiger partial charge in [-0.3, -0.25) is 4.90 Å². The molecule has 0 unspecified atom stereocenters. The van der Waals surface area contributed by atoms with Crippen molar-refractivity contribution in [3.63, 3.8) is 0 Å². The minimum absolute atomic E-state index is 0.172. The highest BCUT2D eigenvalue weighted by atomic mass is 35.5. The summed E-state index contributed by atoms with van der Waals surface area (Å²) in [4.78, 5) is 4.72. The standard InChI is InChI=1S/C19H21ClN2O/c1-21-11-17-19(14-7-3-5-9-16(14)21)18(12-23)22(17)10-13-6-2-4-8-15(13)20/h2-9,17-19,23H,10-12H2,1H3/t17-,18-,19+/m1/s1. The molecule has 120 valence electrons. The van der Waals surface area contributed by atoms with Gasteiger partial charge in [0, 0.05) is 48.8 Å². The molecule has 0 spiro atoms. The van der Waals surface area contributed by atoms with E-state index in [9.17, 15) is 5.11 Å². The largest absolute Gasteiger partial charge is 0.395 e. The highest BCUT2D eigenvalue weighted by molar-refractivity contribution is 6.31. The van der Waals surface area contributed by atoms with Crippen LogP contribution in [0.3, 0.4) is 0 Å².